The molecule has 0 saturated carbocycles. The van der Waals surface area contributed by atoms with Crippen molar-refractivity contribution in [1.82, 2.24) is 9.78 Å². The van der Waals surface area contributed by atoms with Crippen LogP contribution in [0.5, 0.6) is 5.75 Å². The molecule has 2 aromatic carbocycles. The topological polar surface area (TPSA) is 83.3 Å². The third-order valence-electron chi connectivity index (χ3n) is 3.56. The average Bonchev–Trinajstić information content (AvgIpc) is 2.96. The Morgan fingerprint density at radius 3 is 2.68 bits per heavy atom. The van der Waals surface area contributed by atoms with Crippen molar-refractivity contribution < 1.29 is 9.15 Å². The molecule has 6 nitrogen and oxygen atoms in total. The van der Waals surface area contributed by atoms with E-state index in [1.165, 1.54) is 4.68 Å². The summed E-state index contributed by atoms with van der Waals surface area (Å²) in [5, 5.41) is 4.68. The summed E-state index contributed by atoms with van der Waals surface area (Å²) in [5.41, 5.74) is 7.84. The lowest BCUT2D eigenvalue weighted by molar-refractivity contribution is 0.317. The lowest BCUT2D eigenvalue weighted by Gasteiger charge is -2.07. The van der Waals surface area contributed by atoms with E-state index in [-0.39, 0.29) is 5.89 Å². The number of nitrogens with zero attached hydrogens (tertiary/aromatic N) is 2. The molecule has 0 saturated heterocycles. The van der Waals surface area contributed by atoms with E-state index in [1.807, 2.05) is 19.1 Å². The molecule has 130 valence electrons. The van der Waals surface area contributed by atoms with Gasteiger partial charge in [0.1, 0.15) is 5.75 Å². The zero-order chi connectivity index (χ0) is 17.8. The second kappa shape index (κ2) is 7.44. The molecule has 0 radical (unpaired) electrons. The minimum absolute atomic E-state index is 0.212. The summed E-state index contributed by atoms with van der Waals surface area (Å²) in [6, 6.07) is 12.4. The summed E-state index contributed by atoms with van der Waals surface area (Å²) < 4.78 is 12.0. The minimum atomic E-state index is -0.533. The molecule has 3 rings (SSSR count). The summed E-state index contributed by atoms with van der Waals surface area (Å²) >= 11 is 6.21. The first-order chi connectivity index (χ1) is 12.1. The summed E-state index contributed by atoms with van der Waals surface area (Å²) in [6.45, 7) is 2.91. The Morgan fingerprint density at radius 2 is 2.00 bits per heavy atom. The Balaban J connectivity index is 1.83. The maximum Gasteiger partial charge on any atom is 0.437 e. The van der Waals surface area contributed by atoms with E-state index in [1.54, 1.807) is 30.3 Å². The third-order valence-corrected chi connectivity index (χ3v) is 3.85. The highest BCUT2D eigenvalue weighted by atomic mass is 35.5. The van der Waals surface area contributed by atoms with Crippen LogP contribution in [0.3, 0.4) is 0 Å². The van der Waals surface area contributed by atoms with E-state index >= 15 is 0 Å². The quantitative estimate of drug-likeness (QED) is 0.680. The van der Waals surface area contributed by atoms with Gasteiger partial charge in [0.25, 0.3) is 0 Å². The van der Waals surface area contributed by atoms with Gasteiger partial charge in [0.2, 0.25) is 5.89 Å². The first kappa shape index (κ1) is 17.1. The van der Waals surface area contributed by atoms with Gasteiger partial charge in [-0.3, -0.25) is 0 Å². The maximum absolute atomic E-state index is 12.0. The molecule has 1 heterocycles. The molecule has 1 aromatic heterocycles. The first-order valence-corrected chi connectivity index (χ1v) is 8.29. The molecular weight excluding hydrogens is 342 g/mol. The van der Waals surface area contributed by atoms with E-state index in [0.717, 1.165) is 12.0 Å². The van der Waals surface area contributed by atoms with Crippen molar-refractivity contribution in [3.05, 3.63) is 63.6 Å². The number of benzene rings is 2. The zero-order valence-corrected chi connectivity index (χ0v) is 14.5. The first-order valence-electron chi connectivity index (χ1n) is 7.92. The van der Waals surface area contributed by atoms with Crippen molar-refractivity contribution in [2.75, 3.05) is 12.3 Å². The van der Waals surface area contributed by atoms with Gasteiger partial charge in [0, 0.05) is 11.3 Å². The largest absolute Gasteiger partial charge is 0.492 e. The van der Waals surface area contributed by atoms with Crippen molar-refractivity contribution in [3.8, 4) is 17.2 Å². The van der Waals surface area contributed by atoms with Crippen LogP contribution in [0, 0.1) is 0 Å². The molecule has 25 heavy (non-hydrogen) atoms. The van der Waals surface area contributed by atoms with Gasteiger partial charge in [-0.25, -0.2) is 4.79 Å². The Hall–Kier alpha value is -2.73. The molecule has 0 bridgehead atoms. The van der Waals surface area contributed by atoms with Crippen LogP contribution in [-0.2, 0) is 6.54 Å². The molecule has 0 atom stereocenters. The van der Waals surface area contributed by atoms with E-state index in [0.29, 0.717) is 35.2 Å². The van der Waals surface area contributed by atoms with Gasteiger partial charge < -0.3 is 14.9 Å². The Bertz CT molecular complexity index is 916. The van der Waals surface area contributed by atoms with Gasteiger partial charge in [0.15, 0.2) is 0 Å². The van der Waals surface area contributed by atoms with Crippen LogP contribution in [0.15, 0.2) is 51.7 Å². The van der Waals surface area contributed by atoms with Gasteiger partial charge in [-0.2, -0.15) is 4.68 Å². The number of aromatic nitrogens is 2. The van der Waals surface area contributed by atoms with Crippen LogP contribution >= 0.6 is 11.6 Å². The molecule has 0 amide bonds. The summed E-state index contributed by atoms with van der Waals surface area (Å²) in [7, 11) is 0. The molecule has 0 aliphatic carbocycles. The smallest absolute Gasteiger partial charge is 0.437 e. The van der Waals surface area contributed by atoms with Gasteiger partial charge in [0.05, 0.1) is 18.2 Å². The third kappa shape index (κ3) is 4.03. The number of rotatable bonds is 6. The van der Waals surface area contributed by atoms with Crippen LogP contribution in [-0.4, -0.2) is 16.4 Å². The van der Waals surface area contributed by atoms with Crippen LogP contribution in [0.1, 0.15) is 18.9 Å². The highest BCUT2D eigenvalue weighted by Gasteiger charge is 2.13. The highest BCUT2D eigenvalue weighted by molar-refractivity contribution is 6.32. The number of hydrogen-bond donors (Lipinski definition) is 1. The Labute approximate surface area is 149 Å². The molecule has 7 heteroatoms. The van der Waals surface area contributed by atoms with E-state index in [2.05, 4.69) is 5.10 Å². The SMILES string of the molecule is CCCOc1ccc(-c2nn(Cc3ccc(N)cc3)c(=O)o2)cc1Cl. The lowest BCUT2D eigenvalue weighted by atomic mass is 10.2. The molecule has 2 N–H and O–H groups in total. The molecule has 0 aliphatic heterocycles. The predicted molar refractivity (Wildman–Crippen MR) is 97.0 cm³/mol. The fraction of sp³-hybridized carbons (Fsp3) is 0.222. The van der Waals surface area contributed by atoms with Gasteiger partial charge in [-0.1, -0.05) is 30.7 Å². The summed E-state index contributed by atoms with van der Waals surface area (Å²) in [4.78, 5) is 12.0. The summed E-state index contributed by atoms with van der Waals surface area (Å²) in [5.74, 6) is 0.273. The maximum atomic E-state index is 12.0. The van der Waals surface area contributed by atoms with Crippen molar-refractivity contribution in [2.24, 2.45) is 0 Å². The summed E-state index contributed by atoms with van der Waals surface area (Å²) in [6.07, 6.45) is 0.891. The fourth-order valence-corrected chi connectivity index (χ4v) is 2.52. The highest BCUT2D eigenvalue weighted by Crippen LogP contribution is 2.29. The lowest BCUT2D eigenvalue weighted by Crippen LogP contribution is -2.16. The fourth-order valence-electron chi connectivity index (χ4n) is 2.28. The standard InChI is InChI=1S/C18H18ClN3O3/c1-2-9-24-16-8-5-13(10-15(16)19)17-21-22(18(23)25-17)11-12-3-6-14(20)7-4-12/h3-8,10H,2,9,11,20H2,1H3. The normalized spacial score (nSPS) is 10.8. The Morgan fingerprint density at radius 1 is 1.24 bits per heavy atom. The van der Waals surface area contributed by atoms with E-state index < -0.39 is 5.76 Å². The van der Waals surface area contributed by atoms with E-state index in [9.17, 15) is 4.79 Å². The molecule has 0 spiro atoms. The molecule has 0 aliphatic rings. The van der Waals surface area contributed by atoms with Crippen molar-refractivity contribution in [2.45, 2.75) is 19.9 Å². The number of hydrogen-bond acceptors (Lipinski definition) is 5. The van der Waals surface area contributed by atoms with Gasteiger partial charge >= 0.3 is 5.76 Å². The zero-order valence-electron chi connectivity index (χ0n) is 13.7. The van der Waals surface area contributed by atoms with Crippen LogP contribution in [0.25, 0.3) is 11.5 Å². The van der Waals surface area contributed by atoms with Crippen LogP contribution in [0.4, 0.5) is 5.69 Å². The predicted octanol–water partition coefficient (Wildman–Crippen LogP) is 3.58. The van der Waals surface area contributed by atoms with Crippen LogP contribution in [0.2, 0.25) is 5.02 Å². The molecular formula is C18H18ClN3O3. The molecule has 3 aromatic rings. The minimum Gasteiger partial charge on any atom is -0.492 e. The monoisotopic (exact) mass is 359 g/mol. The molecule has 0 unspecified atom stereocenters. The Kier molecular flexibility index (Phi) is 5.09. The number of ether oxygens (including phenoxy) is 1. The number of anilines is 1. The number of nitrogen functional groups attached to an aromatic ring is 1. The van der Waals surface area contributed by atoms with Crippen molar-refractivity contribution in [1.29, 1.82) is 0 Å². The van der Waals surface area contributed by atoms with Crippen molar-refractivity contribution >= 4 is 17.3 Å². The number of halogens is 1. The average molecular weight is 360 g/mol. The van der Waals surface area contributed by atoms with E-state index in [4.69, 9.17) is 26.5 Å². The second-order valence-electron chi connectivity index (χ2n) is 5.57. The molecule has 0 fully saturated rings. The van der Waals surface area contributed by atoms with Crippen LogP contribution < -0.4 is 16.2 Å². The van der Waals surface area contributed by atoms with Gasteiger partial charge in [-0.05, 0) is 42.3 Å². The number of nitrogens with two attached hydrogens (primary N) is 1. The second-order valence-corrected chi connectivity index (χ2v) is 5.97. The van der Waals surface area contributed by atoms with Gasteiger partial charge in [-0.15, -0.1) is 5.10 Å². The van der Waals surface area contributed by atoms with Crippen molar-refractivity contribution in [3.63, 3.8) is 0 Å².